The lowest BCUT2D eigenvalue weighted by molar-refractivity contribution is 0.168. The zero-order valence-electron chi connectivity index (χ0n) is 11.5. The van der Waals surface area contributed by atoms with Gasteiger partial charge in [-0.25, -0.2) is 0 Å². The van der Waals surface area contributed by atoms with Crippen LogP contribution in [0.2, 0.25) is 0 Å². The minimum atomic E-state index is 0.315. The molecule has 1 aliphatic heterocycles. The number of hydrogen-bond acceptors (Lipinski definition) is 2. The van der Waals surface area contributed by atoms with Gasteiger partial charge in [0.05, 0.1) is 0 Å². The van der Waals surface area contributed by atoms with Gasteiger partial charge in [-0.15, -0.1) is 0 Å². The van der Waals surface area contributed by atoms with Crippen LogP contribution in [0.4, 0.5) is 0 Å². The molecule has 1 aromatic rings. The molecule has 0 aliphatic carbocycles. The standard InChI is InChI=1S/C15H24N2/c1-12-5-6-14(16-10-12)9-13-7-8-17(11-13)15(2,3)4/h5-6,10,13H,7-9,11H2,1-4H3. The van der Waals surface area contributed by atoms with E-state index in [4.69, 9.17) is 0 Å². The van der Waals surface area contributed by atoms with E-state index in [1.807, 2.05) is 6.20 Å². The lowest BCUT2D eigenvalue weighted by atomic mass is 10.0. The fourth-order valence-corrected chi connectivity index (χ4v) is 2.52. The summed E-state index contributed by atoms with van der Waals surface area (Å²) in [5.74, 6) is 0.782. The molecule has 0 amide bonds. The average molecular weight is 232 g/mol. The van der Waals surface area contributed by atoms with E-state index in [1.54, 1.807) is 0 Å². The number of hydrogen-bond donors (Lipinski definition) is 0. The first-order valence-electron chi connectivity index (χ1n) is 6.62. The van der Waals surface area contributed by atoms with Crippen molar-refractivity contribution in [1.29, 1.82) is 0 Å². The van der Waals surface area contributed by atoms with Gasteiger partial charge in [0.1, 0.15) is 0 Å². The molecule has 0 spiro atoms. The Morgan fingerprint density at radius 1 is 1.35 bits per heavy atom. The van der Waals surface area contributed by atoms with Crippen LogP contribution in [-0.4, -0.2) is 28.5 Å². The highest BCUT2D eigenvalue weighted by atomic mass is 15.2. The first-order valence-corrected chi connectivity index (χ1v) is 6.62. The molecule has 0 radical (unpaired) electrons. The van der Waals surface area contributed by atoms with Gasteiger partial charge in [0.25, 0.3) is 0 Å². The smallest absolute Gasteiger partial charge is 0.0407 e. The largest absolute Gasteiger partial charge is 0.298 e. The van der Waals surface area contributed by atoms with Gasteiger partial charge in [-0.3, -0.25) is 9.88 Å². The molecule has 1 fully saturated rings. The molecule has 94 valence electrons. The van der Waals surface area contributed by atoms with Crippen LogP contribution in [0.15, 0.2) is 18.3 Å². The second-order valence-electron chi connectivity index (χ2n) is 6.30. The van der Waals surface area contributed by atoms with Crippen molar-refractivity contribution in [2.24, 2.45) is 5.92 Å². The van der Waals surface area contributed by atoms with E-state index in [0.29, 0.717) is 5.54 Å². The molecule has 1 atom stereocenters. The summed E-state index contributed by atoms with van der Waals surface area (Å²) < 4.78 is 0. The molecule has 1 aliphatic rings. The van der Waals surface area contributed by atoms with Crippen molar-refractivity contribution in [2.75, 3.05) is 13.1 Å². The Balaban J connectivity index is 1.92. The molecule has 2 rings (SSSR count). The quantitative estimate of drug-likeness (QED) is 0.779. The highest BCUT2D eigenvalue weighted by molar-refractivity contribution is 5.13. The third kappa shape index (κ3) is 3.29. The molecule has 1 unspecified atom stereocenters. The first-order chi connectivity index (χ1) is 7.95. The Labute approximate surface area is 105 Å². The predicted molar refractivity (Wildman–Crippen MR) is 72.1 cm³/mol. The molecular weight excluding hydrogens is 208 g/mol. The van der Waals surface area contributed by atoms with Crippen molar-refractivity contribution in [3.8, 4) is 0 Å². The number of pyridine rings is 1. The predicted octanol–water partition coefficient (Wildman–Crippen LogP) is 3.05. The van der Waals surface area contributed by atoms with Gasteiger partial charge in [-0.2, -0.15) is 0 Å². The minimum absolute atomic E-state index is 0.315. The molecule has 0 N–H and O–H groups in total. The van der Waals surface area contributed by atoms with Gasteiger partial charge in [0.15, 0.2) is 0 Å². The van der Waals surface area contributed by atoms with Crippen molar-refractivity contribution in [1.82, 2.24) is 9.88 Å². The fraction of sp³-hybridized carbons (Fsp3) is 0.667. The highest BCUT2D eigenvalue weighted by Gasteiger charge is 2.30. The van der Waals surface area contributed by atoms with Crippen LogP contribution in [0.25, 0.3) is 0 Å². The normalized spacial score (nSPS) is 22.0. The zero-order valence-corrected chi connectivity index (χ0v) is 11.5. The Bertz CT molecular complexity index is 362. The molecule has 2 nitrogen and oxygen atoms in total. The summed E-state index contributed by atoms with van der Waals surface area (Å²) in [7, 11) is 0. The van der Waals surface area contributed by atoms with Gasteiger partial charge in [-0.05, 0) is 64.6 Å². The third-order valence-electron chi connectivity index (χ3n) is 3.70. The maximum Gasteiger partial charge on any atom is 0.0407 e. The second-order valence-corrected chi connectivity index (χ2v) is 6.30. The number of nitrogens with zero attached hydrogens (tertiary/aromatic N) is 2. The van der Waals surface area contributed by atoms with Gasteiger partial charge in [0.2, 0.25) is 0 Å². The first kappa shape index (κ1) is 12.6. The van der Waals surface area contributed by atoms with E-state index >= 15 is 0 Å². The summed E-state index contributed by atoms with van der Waals surface area (Å²) in [5, 5.41) is 0. The number of rotatable bonds is 2. The van der Waals surface area contributed by atoms with Crippen LogP contribution in [0, 0.1) is 12.8 Å². The highest BCUT2D eigenvalue weighted by Crippen LogP contribution is 2.26. The van der Waals surface area contributed by atoms with Crippen molar-refractivity contribution in [3.05, 3.63) is 29.6 Å². The van der Waals surface area contributed by atoms with Crippen molar-refractivity contribution in [2.45, 2.75) is 46.1 Å². The molecule has 0 aromatic carbocycles. The summed E-state index contributed by atoms with van der Waals surface area (Å²) >= 11 is 0. The summed E-state index contributed by atoms with van der Waals surface area (Å²) in [6.07, 6.45) is 4.42. The van der Waals surface area contributed by atoms with Crippen molar-refractivity contribution < 1.29 is 0 Å². The minimum Gasteiger partial charge on any atom is -0.298 e. The summed E-state index contributed by atoms with van der Waals surface area (Å²) in [5.41, 5.74) is 2.81. The van der Waals surface area contributed by atoms with E-state index in [0.717, 1.165) is 12.3 Å². The van der Waals surface area contributed by atoms with Gasteiger partial charge >= 0.3 is 0 Å². The molecular formula is C15H24N2. The lowest BCUT2D eigenvalue weighted by Crippen LogP contribution is -2.39. The average Bonchev–Trinajstić information content (AvgIpc) is 2.69. The lowest BCUT2D eigenvalue weighted by Gasteiger charge is -2.31. The Hall–Kier alpha value is -0.890. The van der Waals surface area contributed by atoms with E-state index in [-0.39, 0.29) is 0 Å². The topological polar surface area (TPSA) is 16.1 Å². The summed E-state index contributed by atoms with van der Waals surface area (Å²) in [6, 6.07) is 4.34. The maximum absolute atomic E-state index is 4.51. The number of aryl methyl sites for hydroxylation is 1. The van der Waals surface area contributed by atoms with Crippen LogP contribution >= 0.6 is 0 Å². The van der Waals surface area contributed by atoms with Crippen LogP contribution in [0.3, 0.4) is 0 Å². The molecule has 17 heavy (non-hydrogen) atoms. The van der Waals surface area contributed by atoms with E-state index in [9.17, 15) is 0 Å². The summed E-state index contributed by atoms with van der Waals surface area (Å²) in [4.78, 5) is 7.10. The molecule has 2 heterocycles. The molecule has 1 saturated heterocycles. The van der Waals surface area contributed by atoms with Crippen LogP contribution in [0.5, 0.6) is 0 Å². The molecule has 1 aromatic heterocycles. The second kappa shape index (κ2) is 4.77. The van der Waals surface area contributed by atoms with Crippen LogP contribution in [-0.2, 0) is 6.42 Å². The van der Waals surface area contributed by atoms with Gasteiger partial charge in [-0.1, -0.05) is 6.07 Å². The third-order valence-corrected chi connectivity index (χ3v) is 3.70. The monoisotopic (exact) mass is 232 g/mol. The number of aromatic nitrogens is 1. The number of likely N-dealkylation sites (tertiary alicyclic amines) is 1. The SMILES string of the molecule is Cc1ccc(CC2CCN(C(C)(C)C)C2)nc1. The van der Waals surface area contributed by atoms with Crippen molar-refractivity contribution >= 4 is 0 Å². The van der Waals surface area contributed by atoms with E-state index in [1.165, 1.54) is 30.8 Å². The maximum atomic E-state index is 4.51. The molecule has 0 saturated carbocycles. The van der Waals surface area contributed by atoms with E-state index in [2.05, 4.69) is 49.7 Å². The fourth-order valence-electron chi connectivity index (χ4n) is 2.52. The Kier molecular flexibility index (Phi) is 3.53. The Morgan fingerprint density at radius 2 is 2.12 bits per heavy atom. The zero-order chi connectivity index (χ0) is 12.5. The van der Waals surface area contributed by atoms with Crippen LogP contribution < -0.4 is 0 Å². The van der Waals surface area contributed by atoms with Crippen molar-refractivity contribution in [3.63, 3.8) is 0 Å². The van der Waals surface area contributed by atoms with Crippen LogP contribution in [0.1, 0.15) is 38.4 Å². The summed E-state index contributed by atoms with van der Waals surface area (Å²) in [6.45, 7) is 11.5. The molecule has 2 heteroatoms. The van der Waals surface area contributed by atoms with Gasteiger partial charge in [0, 0.05) is 24.0 Å². The van der Waals surface area contributed by atoms with E-state index < -0.39 is 0 Å². The molecule has 0 bridgehead atoms. The Morgan fingerprint density at radius 3 is 2.65 bits per heavy atom. The van der Waals surface area contributed by atoms with Gasteiger partial charge < -0.3 is 0 Å².